The number of methoxy groups -OCH3 is 1. The molecule has 69 heavy (non-hydrogen) atoms. The predicted octanol–water partition coefficient (Wildman–Crippen LogP) is 7.30. The van der Waals surface area contributed by atoms with Gasteiger partial charge in [0.15, 0.2) is 12.6 Å². The number of hydrogen-bond donors (Lipinski definition) is 5. The van der Waals surface area contributed by atoms with E-state index in [1.807, 2.05) is 32.8 Å². The molecule has 0 unspecified atom stereocenters. The number of amides is 1. The number of unbranched alkanes of at least 4 members (excludes halogenated alkanes) is 8. The van der Waals surface area contributed by atoms with E-state index in [1.165, 1.54) is 39.7 Å². The van der Waals surface area contributed by atoms with Crippen molar-refractivity contribution in [2.24, 2.45) is 17.8 Å². The first-order chi connectivity index (χ1) is 31.8. The molecule has 0 spiro atoms. The zero-order valence-electron chi connectivity index (χ0n) is 45.7. The number of carbonyl (C=O) groups is 2. The fourth-order valence-electron chi connectivity index (χ4n) is 11.1. The smallest absolute Gasteiger partial charge is 0.126 e. The number of cyclic esters (lactones) is 1. The SMILES string of the molecule is CC[C@H]1OC(=O)[C@@H](C)[C@@H](O[C@H]2C[C@@](C)(OC)[C@@H](O)[C@H](C)O2)[C@H](C)[C@@H](O[C@@H]2O[C@H](C)C[C@H](N(C)C)[C@H]2O)[C@](C)(O)C[C@@H](C)CN(C(=O)CCCCCCCCCCCP(C)(C)(C)Cl)[C@H](C)[C@@H](O)[C@]1(C)O. The molecule has 3 saturated heterocycles. The van der Waals surface area contributed by atoms with Crippen LogP contribution in [0.3, 0.4) is 0 Å². The summed E-state index contributed by atoms with van der Waals surface area (Å²) in [6.45, 7) is 24.0. The Morgan fingerprint density at radius 2 is 1.42 bits per heavy atom. The molecule has 3 aliphatic heterocycles. The van der Waals surface area contributed by atoms with E-state index in [-0.39, 0.29) is 56.2 Å². The summed E-state index contributed by atoms with van der Waals surface area (Å²) < 4.78 is 38.1. The third-order valence-electron chi connectivity index (χ3n) is 15.5. The fourth-order valence-corrected chi connectivity index (χ4v) is 12.8. The molecule has 3 aliphatic rings. The summed E-state index contributed by atoms with van der Waals surface area (Å²) in [5.74, 6) is -5.20. The zero-order chi connectivity index (χ0) is 52.5. The molecule has 3 heterocycles. The number of ether oxygens (including phenoxy) is 6. The maximum absolute atomic E-state index is 14.6. The van der Waals surface area contributed by atoms with Gasteiger partial charge in [-0.1, -0.05) is 20.8 Å². The number of likely N-dealkylation sites (N-methyl/N-ethyl adjacent to an activating group) is 1. The fraction of sp³-hybridized carbons (Fsp3) is 0.962. The predicted molar refractivity (Wildman–Crippen MR) is 275 cm³/mol. The summed E-state index contributed by atoms with van der Waals surface area (Å²) in [5, 5.41) is 60.0. The van der Waals surface area contributed by atoms with E-state index in [9.17, 15) is 35.1 Å². The van der Waals surface area contributed by atoms with Crippen LogP contribution in [-0.2, 0) is 38.0 Å². The summed E-state index contributed by atoms with van der Waals surface area (Å²) in [7, 11) is 5.26. The van der Waals surface area contributed by atoms with Gasteiger partial charge in [-0.3, -0.25) is 9.59 Å². The van der Waals surface area contributed by atoms with Crippen molar-refractivity contribution in [2.75, 3.05) is 53.9 Å². The summed E-state index contributed by atoms with van der Waals surface area (Å²) in [4.78, 5) is 32.5. The van der Waals surface area contributed by atoms with Crippen molar-refractivity contribution < 1.29 is 63.5 Å². The molecule has 0 saturated carbocycles. The summed E-state index contributed by atoms with van der Waals surface area (Å²) in [5.41, 5.74) is -4.75. The third-order valence-corrected chi connectivity index (χ3v) is 17.9. The molecular weight excluding hydrogens is 927 g/mol. The minimum atomic E-state index is -1.99. The number of aliphatic hydroxyl groups excluding tert-OH is 3. The quantitative estimate of drug-likeness (QED) is 0.0491. The van der Waals surface area contributed by atoms with Crippen LogP contribution in [0.5, 0.6) is 0 Å². The van der Waals surface area contributed by atoms with E-state index in [2.05, 4.69) is 20.0 Å². The van der Waals surface area contributed by atoms with Gasteiger partial charge in [0.1, 0.15) is 30.0 Å². The van der Waals surface area contributed by atoms with Crippen LogP contribution in [0.1, 0.15) is 159 Å². The van der Waals surface area contributed by atoms with Crippen molar-refractivity contribution in [3.8, 4) is 0 Å². The van der Waals surface area contributed by atoms with E-state index in [0.717, 1.165) is 31.8 Å². The number of esters is 1. The third kappa shape index (κ3) is 17.9. The van der Waals surface area contributed by atoms with Crippen LogP contribution >= 0.6 is 17.2 Å². The monoisotopic (exact) mass is 1030 g/mol. The van der Waals surface area contributed by atoms with Gasteiger partial charge in [0, 0.05) is 32.0 Å². The van der Waals surface area contributed by atoms with Gasteiger partial charge >= 0.3 is 119 Å². The maximum atomic E-state index is 14.6. The van der Waals surface area contributed by atoms with Crippen LogP contribution in [0.4, 0.5) is 0 Å². The molecule has 0 aromatic carbocycles. The molecule has 0 aliphatic carbocycles. The van der Waals surface area contributed by atoms with Gasteiger partial charge in [-0.2, -0.15) is 0 Å². The van der Waals surface area contributed by atoms with Crippen molar-refractivity contribution in [3.05, 3.63) is 0 Å². The molecule has 17 heteroatoms. The van der Waals surface area contributed by atoms with E-state index in [0.29, 0.717) is 12.8 Å². The Labute approximate surface area is 422 Å². The van der Waals surface area contributed by atoms with Crippen LogP contribution in [0, 0.1) is 17.8 Å². The Bertz CT molecular complexity index is 1570. The number of aliphatic hydroxyl groups is 5. The Morgan fingerprint density at radius 3 is 1.96 bits per heavy atom. The van der Waals surface area contributed by atoms with E-state index >= 15 is 0 Å². The topological polar surface area (TPSA) is 197 Å². The van der Waals surface area contributed by atoms with E-state index in [4.69, 9.17) is 39.7 Å². The number of hydrogen-bond acceptors (Lipinski definition) is 14. The van der Waals surface area contributed by atoms with Gasteiger partial charge in [0.05, 0.1) is 47.6 Å². The van der Waals surface area contributed by atoms with Crippen molar-refractivity contribution in [2.45, 2.75) is 249 Å². The van der Waals surface area contributed by atoms with Gasteiger partial charge in [-0.15, -0.1) is 0 Å². The number of nitrogens with zero attached hydrogens (tertiary/aromatic N) is 2. The second kappa shape index (κ2) is 26.1. The number of carbonyl (C=O) groups excluding carboxylic acids is 2. The summed E-state index contributed by atoms with van der Waals surface area (Å²) >= 11 is 6.72. The minimum absolute atomic E-state index is 0.0820. The second-order valence-electron chi connectivity index (χ2n) is 23.8. The first kappa shape index (κ1) is 62.5. The van der Waals surface area contributed by atoms with Crippen molar-refractivity contribution in [3.63, 3.8) is 0 Å². The standard InChI is InChI=1S/C52H100ClN2O13P/c1-17-40-52(10,62)45(58)37(6)55(41(56)27-25-23-21-19-18-20-22-24-26-28-69(14,15,16)53)32-33(2)30-50(8,61)47(68-49-43(57)39(54(11)12)29-34(3)64-49)35(4)44(36(5)48(60)66-40)67-42-31-51(9,63-13)46(59)38(7)65-42/h33-40,42-47,49,57-59,61-62H,17-32H2,1-16H3/t33-,34-,35+,36+,37-,38+,39+,40-,42+,43-,44+,45-,46+,47-,49+,50-,51-,52-/m1/s1. The molecule has 3 fully saturated rings. The van der Waals surface area contributed by atoms with Crippen molar-refractivity contribution >= 4 is 29.1 Å². The van der Waals surface area contributed by atoms with Crippen LogP contribution in [0.15, 0.2) is 0 Å². The van der Waals surface area contributed by atoms with Crippen molar-refractivity contribution in [1.82, 2.24) is 9.80 Å². The molecule has 3 rings (SSSR count). The number of rotatable bonds is 19. The van der Waals surface area contributed by atoms with E-state index in [1.54, 1.807) is 53.4 Å². The zero-order valence-corrected chi connectivity index (χ0v) is 47.3. The first-order valence-corrected chi connectivity index (χ1v) is 31.0. The van der Waals surface area contributed by atoms with Gasteiger partial charge in [-0.05, 0) is 87.7 Å². The Balaban J connectivity index is 1.99. The molecule has 15 nitrogen and oxygen atoms in total. The second-order valence-corrected chi connectivity index (χ2v) is 33.9. The average molecular weight is 1030 g/mol. The van der Waals surface area contributed by atoms with Crippen LogP contribution in [0.25, 0.3) is 0 Å². The molecule has 0 bridgehead atoms. The summed E-state index contributed by atoms with van der Waals surface area (Å²) in [6, 6.07) is -1.23. The van der Waals surface area contributed by atoms with Gasteiger partial charge in [0.25, 0.3) is 0 Å². The Hall–Kier alpha value is -0.780. The van der Waals surface area contributed by atoms with Crippen LogP contribution < -0.4 is 0 Å². The molecular formula is C52H100ClN2O13P. The molecule has 1 amide bonds. The largest absolute Gasteiger partial charge is 0.388 e. The summed E-state index contributed by atoms with van der Waals surface area (Å²) in [6.07, 6.45) is 1.54. The van der Waals surface area contributed by atoms with Crippen LogP contribution in [-0.4, -0.2) is 191 Å². The van der Waals surface area contributed by atoms with Crippen LogP contribution in [0.2, 0.25) is 0 Å². The molecule has 0 aromatic heterocycles. The minimum Gasteiger partial charge on any atom is -0.388 e. The van der Waals surface area contributed by atoms with Gasteiger partial charge in [-0.25, -0.2) is 0 Å². The molecule has 408 valence electrons. The maximum Gasteiger partial charge on any atom is 0.126 e. The first-order valence-electron chi connectivity index (χ1n) is 26.3. The Kier molecular flexibility index (Phi) is 23.7. The van der Waals surface area contributed by atoms with Gasteiger partial charge < -0.3 is 63.8 Å². The molecule has 0 aromatic rings. The molecule has 0 radical (unpaired) electrons. The number of halogens is 1. The van der Waals surface area contributed by atoms with Gasteiger partial charge in [0.2, 0.25) is 0 Å². The molecule has 5 N–H and O–H groups in total. The normalized spacial score (nSPS) is 40.9. The van der Waals surface area contributed by atoms with Crippen molar-refractivity contribution in [1.29, 1.82) is 0 Å². The Morgan fingerprint density at radius 1 is 0.855 bits per heavy atom. The van der Waals surface area contributed by atoms with E-state index < -0.39 is 102 Å². The molecule has 18 atom stereocenters. The average Bonchev–Trinajstić information content (AvgIpc) is 3.25.